The number of alkyl halides is 1. The van der Waals surface area contributed by atoms with Gasteiger partial charge in [0.2, 0.25) is 0 Å². The molecular formula is C17H26ClNO2. The highest BCUT2D eigenvalue weighted by molar-refractivity contribution is 6.17. The number of hydrogen-bond donors (Lipinski definition) is 0. The minimum atomic E-state index is 0.660. The minimum Gasteiger partial charge on any atom is -0.490 e. The molecule has 1 unspecified atom stereocenters. The van der Waals surface area contributed by atoms with E-state index in [4.69, 9.17) is 21.1 Å². The Morgan fingerprint density at radius 3 is 2.71 bits per heavy atom. The molecule has 0 saturated carbocycles. The Morgan fingerprint density at radius 1 is 1.24 bits per heavy atom. The van der Waals surface area contributed by atoms with Gasteiger partial charge < -0.3 is 9.47 Å². The number of benzene rings is 1. The Bertz CT molecular complexity index is 414. The van der Waals surface area contributed by atoms with E-state index in [-0.39, 0.29) is 0 Å². The van der Waals surface area contributed by atoms with Crippen molar-refractivity contribution in [3.8, 4) is 11.5 Å². The molecular weight excluding hydrogens is 286 g/mol. The molecule has 1 aromatic carbocycles. The van der Waals surface area contributed by atoms with Gasteiger partial charge in [0.15, 0.2) is 11.5 Å². The highest BCUT2D eigenvalue weighted by Crippen LogP contribution is 2.27. The molecule has 1 aromatic rings. The van der Waals surface area contributed by atoms with Crippen LogP contribution >= 0.6 is 11.6 Å². The summed E-state index contributed by atoms with van der Waals surface area (Å²) in [5, 5.41) is 0. The van der Waals surface area contributed by atoms with E-state index >= 15 is 0 Å². The van der Waals surface area contributed by atoms with Gasteiger partial charge in [0.1, 0.15) is 6.61 Å². The maximum absolute atomic E-state index is 5.91. The van der Waals surface area contributed by atoms with Crippen LogP contribution in [-0.4, -0.2) is 43.1 Å². The fourth-order valence-corrected chi connectivity index (χ4v) is 3.10. The van der Waals surface area contributed by atoms with Gasteiger partial charge in [-0.3, -0.25) is 4.90 Å². The van der Waals surface area contributed by atoms with Gasteiger partial charge in [0.25, 0.3) is 0 Å². The average Bonchev–Trinajstić information content (AvgIpc) is 2.94. The standard InChI is InChI=1S/C17H26ClNO2/c1-2-20-16-9-3-4-10-17(16)21-14-13-19-12-6-8-15(19)7-5-11-18/h3-4,9-10,15H,2,5-8,11-14H2,1H3. The summed E-state index contributed by atoms with van der Waals surface area (Å²) in [4.78, 5) is 2.54. The largest absolute Gasteiger partial charge is 0.490 e. The fourth-order valence-electron chi connectivity index (χ4n) is 2.95. The monoisotopic (exact) mass is 311 g/mol. The van der Waals surface area contributed by atoms with Crippen molar-refractivity contribution in [3.63, 3.8) is 0 Å². The van der Waals surface area contributed by atoms with Gasteiger partial charge in [-0.05, 0) is 51.3 Å². The summed E-state index contributed by atoms with van der Waals surface area (Å²) in [5.41, 5.74) is 0. The molecule has 21 heavy (non-hydrogen) atoms. The van der Waals surface area contributed by atoms with Crippen LogP contribution in [0.3, 0.4) is 0 Å². The van der Waals surface area contributed by atoms with Crippen molar-refractivity contribution in [3.05, 3.63) is 24.3 Å². The van der Waals surface area contributed by atoms with Gasteiger partial charge in [0.05, 0.1) is 6.61 Å². The number of ether oxygens (including phenoxy) is 2. The number of likely N-dealkylation sites (tertiary alicyclic amines) is 1. The third kappa shape index (κ3) is 5.08. The number of rotatable bonds is 9. The lowest BCUT2D eigenvalue weighted by Crippen LogP contribution is -2.33. The number of nitrogens with zero attached hydrogens (tertiary/aromatic N) is 1. The van der Waals surface area contributed by atoms with Crippen LogP contribution in [0, 0.1) is 0 Å². The second-order valence-corrected chi connectivity index (χ2v) is 5.77. The third-order valence-corrected chi connectivity index (χ3v) is 4.22. The zero-order valence-corrected chi connectivity index (χ0v) is 13.6. The summed E-state index contributed by atoms with van der Waals surface area (Å²) >= 11 is 5.80. The lowest BCUT2D eigenvalue weighted by molar-refractivity contribution is 0.185. The van der Waals surface area contributed by atoms with Crippen molar-refractivity contribution in [2.45, 2.75) is 38.6 Å². The highest BCUT2D eigenvalue weighted by atomic mass is 35.5. The second-order valence-electron chi connectivity index (χ2n) is 5.39. The molecule has 1 atom stereocenters. The molecule has 0 aliphatic carbocycles. The lowest BCUT2D eigenvalue weighted by atomic mass is 10.1. The van der Waals surface area contributed by atoms with Gasteiger partial charge in [0, 0.05) is 18.5 Å². The molecule has 0 radical (unpaired) electrons. The van der Waals surface area contributed by atoms with Gasteiger partial charge in [-0.1, -0.05) is 12.1 Å². The number of para-hydroxylation sites is 2. The molecule has 1 aliphatic rings. The van der Waals surface area contributed by atoms with Crippen LogP contribution in [0.1, 0.15) is 32.6 Å². The van der Waals surface area contributed by atoms with Crippen molar-refractivity contribution in [1.82, 2.24) is 4.90 Å². The maximum Gasteiger partial charge on any atom is 0.161 e. The molecule has 1 aliphatic heterocycles. The summed E-state index contributed by atoms with van der Waals surface area (Å²) in [6, 6.07) is 8.57. The predicted molar refractivity (Wildman–Crippen MR) is 87.7 cm³/mol. The maximum atomic E-state index is 5.91. The van der Waals surface area contributed by atoms with Crippen LogP contribution in [0.5, 0.6) is 11.5 Å². The van der Waals surface area contributed by atoms with Crippen LogP contribution in [0.4, 0.5) is 0 Å². The lowest BCUT2D eigenvalue weighted by Gasteiger charge is -2.24. The van der Waals surface area contributed by atoms with Crippen molar-refractivity contribution in [2.75, 3.05) is 32.2 Å². The van der Waals surface area contributed by atoms with Gasteiger partial charge >= 0.3 is 0 Å². The molecule has 0 aromatic heterocycles. The Kier molecular flexibility index (Phi) is 7.17. The zero-order valence-electron chi connectivity index (χ0n) is 12.9. The minimum absolute atomic E-state index is 0.660. The Hall–Kier alpha value is -0.930. The van der Waals surface area contributed by atoms with E-state index in [1.807, 2.05) is 31.2 Å². The van der Waals surface area contributed by atoms with E-state index in [9.17, 15) is 0 Å². The van der Waals surface area contributed by atoms with E-state index < -0.39 is 0 Å². The molecule has 1 heterocycles. The normalized spacial score (nSPS) is 18.9. The third-order valence-electron chi connectivity index (χ3n) is 3.96. The summed E-state index contributed by atoms with van der Waals surface area (Å²) in [6.07, 6.45) is 4.91. The zero-order chi connectivity index (χ0) is 14.9. The van der Waals surface area contributed by atoms with Gasteiger partial charge in [-0.15, -0.1) is 11.6 Å². The molecule has 1 saturated heterocycles. The van der Waals surface area contributed by atoms with E-state index in [1.165, 1.54) is 25.8 Å². The molecule has 0 bridgehead atoms. The van der Waals surface area contributed by atoms with Crippen LogP contribution in [0.25, 0.3) is 0 Å². The van der Waals surface area contributed by atoms with Gasteiger partial charge in [-0.2, -0.15) is 0 Å². The van der Waals surface area contributed by atoms with Crippen LogP contribution < -0.4 is 9.47 Å². The molecule has 3 nitrogen and oxygen atoms in total. The van der Waals surface area contributed by atoms with Crippen molar-refractivity contribution >= 4 is 11.6 Å². The van der Waals surface area contributed by atoms with Crippen molar-refractivity contribution in [2.24, 2.45) is 0 Å². The first-order chi connectivity index (χ1) is 10.3. The first-order valence-corrected chi connectivity index (χ1v) is 8.53. The Labute approximate surface area is 133 Å². The fraction of sp³-hybridized carbons (Fsp3) is 0.647. The average molecular weight is 312 g/mol. The number of hydrogen-bond acceptors (Lipinski definition) is 3. The summed E-state index contributed by atoms with van der Waals surface area (Å²) in [6.45, 7) is 5.52. The molecule has 0 spiro atoms. The topological polar surface area (TPSA) is 21.7 Å². The summed E-state index contributed by atoms with van der Waals surface area (Å²) < 4.78 is 11.5. The highest BCUT2D eigenvalue weighted by Gasteiger charge is 2.23. The Balaban J connectivity index is 1.78. The van der Waals surface area contributed by atoms with Crippen molar-refractivity contribution in [1.29, 1.82) is 0 Å². The van der Waals surface area contributed by atoms with E-state index in [0.29, 0.717) is 19.3 Å². The molecule has 1 fully saturated rings. The SMILES string of the molecule is CCOc1ccccc1OCCN1CCCC1CCCCl. The first-order valence-electron chi connectivity index (χ1n) is 7.99. The Morgan fingerprint density at radius 2 is 2.00 bits per heavy atom. The van der Waals surface area contributed by atoms with E-state index in [2.05, 4.69) is 4.90 Å². The summed E-state index contributed by atoms with van der Waals surface area (Å²) in [5.74, 6) is 2.44. The predicted octanol–water partition coefficient (Wildman–Crippen LogP) is 3.95. The van der Waals surface area contributed by atoms with E-state index in [0.717, 1.165) is 30.3 Å². The smallest absolute Gasteiger partial charge is 0.161 e. The molecule has 0 N–H and O–H groups in total. The molecule has 4 heteroatoms. The van der Waals surface area contributed by atoms with Crippen LogP contribution in [-0.2, 0) is 0 Å². The molecule has 2 rings (SSSR count). The van der Waals surface area contributed by atoms with Crippen LogP contribution in [0.2, 0.25) is 0 Å². The van der Waals surface area contributed by atoms with E-state index in [1.54, 1.807) is 0 Å². The number of halogens is 1. The quantitative estimate of drug-likeness (QED) is 0.645. The van der Waals surface area contributed by atoms with Crippen LogP contribution in [0.15, 0.2) is 24.3 Å². The molecule has 118 valence electrons. The summed E-state index contributed by atoms with van der Waals surface area (Å²) in [7, 11) is 0. The van der Waals surface area contributed by atoms with Crippen molar-refractivity contribution < 1.29 is 9.47 Å². The van der Waals surface area contributed by atoms with Gasteiger partial charge in [-0.25, -0.2) is 0 Å². The molecule has 0 amide bonds. The first kappa shape index (κ1) is 16.4. The second kappa shape index (κ2) is 9.16.